The highest BCUT2D eigenvalue weighted by atomic mass is 35.5. The van der Waals surface area contributed by atoms with E-state index >= 15 is 4.39 Å². The third-order valence-electron chi connectivity index (χ3n) is 8.56. The fourth-order valence-corrected chi connectivity index (χ4v) is 6.96. The van der Waals surface area contributed by atoms with Crippen molar-refractivity contribution in [2.45, 2.75) is 57.3 Å². The first-order valence-corrected chi connectivity index (χ1v) is 15.0. The van der Waals surface area contributed by atoms with E-state index in [0.29, 0.717) is 22.4 Å². The molecule has 3 aliphatic rings. The highest BCUT2D eigenvalue weighted by molar-refractivity contribution is 6.34. The largest absolute Gasteiger partial charge is 0.493 e. The molecule has 3 fully saturated rings. The number of hydrogen-bond acceptors (Lipinski definition) is 3. The zero-order valence-corrected chi connectivity index (χ0v) is 24.8. The second-order valence-corrected chi connectivity index (χ2v) is 13.2. The van der Waals surface area contributed by atoms with Crippen molar-refractivity contribution in [1.82, 2.24) is 9.80 Å². The van der Waals surface area contributed by atoms with Crippen molar-refractivity contribution in [1.29, 1.82) is 0 Å². The summed E-state index contributed by atoms with van der Waals surface area (Å²) in [6.45, 7) is 5.94. The number of rotatable bonds is 8. The Bertz CT molecular complexity index is 1420. The van der Waals surface area contributed by atoms with Gasteiger partial charge in [0, 0.05) is 47.1 Å². The quantitative estimate of drug-likeness (QED) is 0.263. The summed E-state index contributed by atoms with van der Waals surface area (Å²) in [6, 6.07) is 18.7. The molecule has 3 atom stereocenters. The van der Waals surface area contributed by atoms with Crippen molar-refractivity contribution in [3.05, 3.63) is 98.8 Å². The number of amides is 1. The van der Waals surface area contributed by atoms with Gasteiger partial charge in [-0.25, -0.2) is 8.78 Å². The number of halogens is 4. The van der Waals surface area contributed by atoms with Gasteiger partial charge in [-0.15, -0.1) is 0 Å². The summed E-state index contributed by atoms with van der Waals surface area (Å²) >= 11 is 12.7. The second kappa shape index (κ2) is 11.2. The average Bonchev–Trinajstić information content (AvgIpc) is 3.69. The molecule has 4 nitrogen and oxygen atoms in total. The summed E-state index contributed by atoms with van der Waals surface area (Å²) in [5, 5.41) is 1.20. The Hall–Kier alpha value is -2.67. The first kappa shape index (κ1) is 28.4. The molecule has 0 bridgehead atoms. The Morgan fingerprint density at radius 3 is 2.34 bits per heavy atom. The minimum Gasteiger partial charge on any atom is -0.493 e. The van der Waals surface area contributed by atoms with E-state index in [1.807, 2.05) is 30.3 Å². The number of likely N-dealkylation sites (tertiary alicyclic amines) is 2. The van der Waals surface area contributed by atoms with Gasteiger partial charge in [-0.1, -0.05) is 60.5 Å². The van der Waals surface area contributed by atoms with Gasteiger partial charge < -0.3 is 9.64 Å². The standard InChI is InChI=1S/C33H34Cl2F2N2O2/c1-20-10-26(36)16-39(20)32(40)28-14-27(21-8-9-21)30(15-29(28)37)41-19-33(2)17-38(18-33)31(22-6-4-3-5-7-22)23-11-24(34)13-25(35)12-23/h3-7,11-15,20-21,26,31H,8-10,16-19H2,1-2H3/t20-,26-,31+/m1/s1. The lowest BCUT2D eigenvalue weighted by Crippen LogP contribution is -2.58. The van der Waals surface area contributed by atoms with Crippen molar-refractivity contribution in [2.24, 2.45) is 5.41 Å². The smallest absolute Gasteiger partial charge is 0.257 e. The predicted octanol–water partition coefficient (Wildman–Crippen LogP) is 8.07. The Labute approximate surface area is 250 Å². The van der Waals surface area contributed by atoms with Gasteiger partial charge in [0.1, 0.15) is 17.7 Å². The summed E-state index contributed by atoms with van der Waals surface area (Å²) in [6.07, 6.45) is 1.18. The summed E-state index contributed by atoms with van der Waals surface area (Å²) in [5.74, 6) is -0.312. The molecule has 1 saturated carbocycles. The van der Waals surface area contributed by atoms with Gasteiger partial charge in [0.05, 0.1) is 24.8 Å². The molecule has 3 aromatic rings. The first-order chi connectivity index (χ1) is 19.6. The summed E-state index contributed by atoms with van der Waals surface area (Å²) in [7, 11) is 0. The minimum absolute atomic E-state index is 0.00659. The highest BCUT2D eigenvalue weighted by Crippen LogP contribution is 2.47. The number of nitrogens with zero attached hydrogens (tertiary/aromatic N) is 2. The number of alkyl halides is 1. The maximum Gasteiger partial charge on any atom is 0.257 e. The summed E-state index contributed by atoms with van der Waals surface area (Å²) in [5.41, 5.74) is 2.91. The lowest BCUT2D eigenvalue weighted by atomic mass is 9.79. The Morgan fingerprint density at radius 2 is 1.73 bits per heavy atom. The molecule has 1 aliphatic carbocycles. The molecule has 216 valence electrons. The van der Waals surface area contributed by atoms with Gasteiger partial charge in [0.15, 0.2) is 0 Å². The molecule has 0 unspecified atom stereocenters. The van der Waals surface area contributed by atoms with Gasteiger partial charge in [-0.05, 0) is 66.6 Å². The van der Waals surface area contributed by atoms with Gasteiger partial charge >= 0.3 is 0 Å². The van der Waals surface area contributed by atoms with Crippen molar-refractivity contribution in [3.8, 4) is 5.75 Å². The van der Waals surface area contributed by atoms with Crippen LogP contribution in [0.1, 0.15) is 72.1 Å². The van der Waals surface area contributed by atoms with Gasteiger partial charge in [0.25, 0.3) is 5.91 Å². The minimum atomic E-state index is -1.07. The molecule has 0 spiro atoms. The third-order valence-corrected chi connectivity index (χ3v) is 8.99. The molecule has 2 aliphatic heterocycles. The van der Waals surface area contributed by atoms with Crippen LogP contribution >= 0.6 is 23.2 Å². The zero-order chi connectivity index (χ0) is 28.9. The SMILES string of the molecule is C[C@@H]1C[C@@H](F)CN1C(=O)c1cc(C2CC2)c(OCC2(C)CN([C@@H](c3ccccc3)c3cc(Cl)cc(Cl)c3)C2)cc1F. The predicted molar refractivity (Wildman–Crippen MR) is 158 cm³/mol. The van der Waals surface area contributed by atoms with E-state index in [9.17, 15) is 9.18 Å². The summed E-state index contributed by atoms with van der Waals surface area (Å²) < 4.78 is 35.5. The van der Waals surface area contributed by atoms with E-state index < -0.39 is 17.9 Å². The number of hydrogen-bond donors (Lipinski definition) is 0. The van der Waals surface area contributed by atoms with E-state index in [1.54, 1.807) is 19.1 Å². The second-order valence-electron chi connectivity index (χ2n) is 12.3. The molecular weight excluding hydrogens is 565 g/mol. The van der Waals surface area contributed by atoms with Crippen LogP contribution in [-0.4, -0.2) is 54.2 Å². The van der Waals surface area contributed by atoms with E-state index in [2.05, 4.69) is 24.0 Å². The van der Waals surface area contributed by atoms with Crippen LogP contribution < -0.4 is 4.74 Å². The van der Waals surface area contributed by atoms with E-state index in [1.165, 1.54) is 11.0 Å². The molecule has 0 radical (unpaired) electrons. The maximum atomic E-state index is 15.3. The van der Waals surface area contributed by atoms with Crippen LogP contribution in [0, 0.1) is 11.2 Å². The number of ether oxygens (including phenoxy) is 1. The zero-order valence-electron chi connectivity index (χ0n) is 23.3. The third kappa shape index (κ3) is 5.97. The van der Waals surface area contributed by atoms with Crippen LogP contribution in [-0.2, 0) is 0 Å². The highest BCUT2D eigenvalue weighted by Gasteiger charge is 2.44. The van der Waals surface area contributed by atoms with E-state index in [0.717, 1.165) is 42.6 Å². The fourth-order valence-electron chi connectivity index (χ4n) is 6.42. The molecule has 0 N–H and O–H groups in total. The molecule has 2 heterocycles. The average molecular weight is 600 g/mol. The van der Waals surface area contributed by atoms with Crippen LogP contribution in [0.15, 0.2) is 60.7 Å². The maximum absolute atomic E-state index is 15.3. The molecule has 41 heavy (non-hydrogen) atoms. The molecule has 1 amide bonds. The van der Waals surface area contributed by atoms with Gasteiger partial charge in [0.2, 0.25) is 0 Å². The molecule has 8 heteroatoms. The van der Waals surface area contributed by atoms with Crippen LogP contribution in [0.4, 0.5) is 8.78 Å². The molecule has 6 rings (SSSR count). The number of carbonyl (C=O) groups is 1. The van der Waals surface area contributed by atoms with E-state index in [-0.39, 0.29) is 41.9 Å². The first-order valence-electron chi connectivity index (χ1n) is 14.3. The van der Waals surface area contributed by atoms with Crippen molar-refractivity contribution in [3.63, 3.8) is 0 Å². The summed E-state index contributed by atoms with van der Waals surface area (Å²) in [4.78, 5) is 17.0. The Morgan fingerprint density at radius 1 is 1.05 bits per heavy atom. The fraction of sp³-hybridized carbons (Fsp3) is 0.424. The van der Waals surface area contributed by atoms with Crippen LogP contribution in [0.2, 0.25) is 10.0 Å². The topological polar surface area (TPSA) is 32.8 Å². The van der Waals surface area contributed by atoms with Gasteiger partial charge in [-0.2, -0.15) is 0 Å². The van der Waals surface area contributed by atoms with Crippen LogP contribution in [0.25, 0.3) is 0 Å². The Balaban J connectivity index is 1.18. The molecule has 2 saturated heterocycles. The van der Waals surface area contributed by atoms with Crippen LogP contribution in [0.3, 0.4) is 0 Å². The van der Waals surface area contributed by atoms with E-state index in [4.69, 9.17) is 27.9 Å². The monoisotopic (exact) mass is 598 g/mol. The lowest BCUT2D eigenvalue weighted by Gasteiger charge is -2.51. The van der Waals surface area contributed by atoms with Gasteiger partial charge in [-0.3, -0.25) is 9.69 Å². The molecule has 0 aromatic heterocycles. The Kier molecular flexibility index (Phi) is 7.77. The molecular formula is C33H34Cl2F2N2O2. The van der Waals surface area contributed by atoms with Crippen molar-refractivity contribution < 1.29 is 18.3 Å². The lowest BCUT2D eigenvalue weighted by molar-refractivity contribution is -0.0379. The normalized spacial score (nSPS) is 22.8. The van der Waals surface area contributed by atoms with Crippen molar-refractivity contribution >= 4 is 29.1 Å². The molecule has 3 aromatic carbocycles. The van der Waals surface area contributed by atoms with Crippen molar-refractivity contribution in [2.75, 3.05) is 26.2 Å². The number of carbonyl (C=O) groups excluding carboxylic acids is 1. The van der Waals surface area contributed by atoms with Crippen LogP contribution in [0.5, 0.6) is 5.75 Å². The number of benzene rings is 3.